The third kappa shape index (κ3) is 4.41. The van der Waals surface area contributed by atoms with Crippen LogP contribution in [0.25, 0.3) is 0 Å². The fourth-order valence-electron chi connectivity index (χ4n) is 2.02. The minimum atomic E-state index is 0.658. The Morgan fingerprint density at radius 1 is 1.05 bits per heavy atom. The van der Waals surface area contributed by atoms with Crippen molar-refractivity contribution in [1.29, 1.82) is 0 Å². The summed E-state index contributed by atoms with van der Waals surface area (Å²) in [5.74, 6) is 0. The standard InChI is InChI=1S/C16H18Cl2N2/c1-20(2)11-12-4-3-5-15(8-12)19-10-13-9-14(17)6-7-16(13)18/h3-9,19H,10-11H2,1-2H3. The molecule has 0 aliphatic rings. The maximum Gasteiger partial charge on any atom is 0.0456 e. The van der Waals surface area contributed by atoms with Crippen molar-refractivity contribution >= 4 is 28.9 Å². The van der Waals surface area contributed by atoms with Crippen LogP contribution in [0.5, 0.6) is 0 Å². The van der Waals surface area contributed by atoms with Crippen molar-refractivity contribution in [1.82, 2.24) is 4.90 Å². The molecule has 4 heteroatoms. The molecule has 0 saturated carbocycles. The van der Waals surface area contributed by atoms with E-state index in [0.29, 0.717) is 11.6 Å². The van der Waals surface area contributed by atoms with Gasteiger partial charge in [0.15, 0.2) is 0 Å². The summed E-state index contributed by atoms with van der Waals surface area (Å²) in [5, 5.41) is 4.81. The topological polar surface area (TPSA) is 15.3 Å². The van der Waals surface area contributed by atoms with E-state index in [0.717, 1.165) is 22.8 Å². The molecule has 0 fully saturated rings. The number of rotatable bonds is 5. The lowest BCUT2D eigenvalue weighted by Gasteiger charge is -2.12. The second-order valence-electron chi connectivity index (χ2n) is 5.03. The highest BCUT2D eigenvalue weighted by Crippen LogP contribution is 2.22. The van der Waals surface area contributed by atoms with Crippen LogP contribution in [0.15, 0.2) is 42.5 Å². The summed E-state index contributed by atoms with van der Waals surface area (Å²) in [6, 6.07) is 13.9. The van der Waals surface area contributed by atoms with Crippen LogP contribution in [0.2, 0.25) is 10.0 Å². The monoisotopic (exact) mass is 308 g/mol. The lowest BCUT2D eigenvalue weighted by atomic mass is 10.1. The van der Waals surface area contributed by atoms with Gasteiger partial charge in [-0.15, -0.1) is 0 Å². The van der Waals surface area contributed by atoms with Crippen LogP contribution in [-0.2, 0) is 13.1 Å². The number of halogens is 2. The highest BCUT2D eigenvalue weighted by molar-refractivity contribution is 6.33. The summed E-state index contributed by atoms with van der Waals surface area (Å²) < 4.78 is 0. The molecule has 0 saturated heterocycles. The predicted molar refractivity (Wildman–Crippen MR) is 87.6 cm³/mol. The Morgan fingerprint density at radius 2 is 1.85 bits per heavy atom. The number of nitrogens with zero attached hydrogens (tertiary/aromatic N) is 1. The number of anilines is 1. The molecule has 0 spiro atoms. The second kappa shape index (κ2) is 6.98. The summed E-state index contributed by atoms with van der Waals surface area (Å²) in [6.45, 7) is 1.58. The van der Waals surface area contributed by atoms with Gasteiger partial charge in [-0.2, -0.15) is 0 Å². The molecular weight excluding hydrogens is 291 g/mol. The molecule has 0 radical (unpaired) electrons. The van der Waals surface area contributed by atoms with Gasteiger partial charge in [0.05, 0.1) is 0 Å². The average Bonchev–Trinajstić information content (AvgIpc) is 2.39. The average molecular weight is 309 g/mol. The van der Waals surface area contributed by atoms with Gasteiger partial charge in [-0.3, -0.25) is 0 Å². The summed E-state index contributed by atoms with van der Waals surface area (Å²) in [6.07, 6.45) is 0. The predicted octanol–water partition coefficient (Wildman–Crippen LogP) is 4.67. The molecule has 0 aliphatic heterocycles. The van der Waals surface area contributed by atoms with Gasteiger partial charge in [-0.05, 0) is 55.6 Å². The van der Waals surface area contributed by atoms with Crippen LogP contribution in [0.3, 0.4) is 0 Å². The minimum Gasteiger partial charge on any atom is -0.381 e. The highest BCUT2D eigenvalue weighted by atomic mass is 35.5. The van der Waals surface area contributed by atoms with E-state index in [1.807, 2.05) is 12.1 Å². The molecule has 2 aromatic carbocycles. The van der Waals surface area contributed by atoms with Crippen molar-refractivity contribution in [2.75, 3.05) is 19.4 Å². The van der Waals surface area contributed by atoms with E-state index < -0.39 is 0 Å². The zero-order valence-corrected chi connectivity index (χ0v) is 13.2. The molecule has 2 aromatic rings. The van der Waals surface area contributed by atoms with Crippen molar-refractivity contribution in [2.45, 2.75) is 13.1 Å². The quantitative estimate of drug-likeness (QED) is 0.863. The summed E-state index contributed by atoms with van der Waals surface area (Å²) >= 11 is 12.1. The van der Waals surface area contributed by atoms with Crippen LogP contribution in [-0.4, -0.2) is 19.0 Å². The van der Waals surface area contributed by atoms with Crippen molar-refractivity contribution in [2.24, 2.45) is 0 Å². The minimum absolute atomic E-state index is 0.658. The van der Waals surface area contributed by atoms with Gasteiger partial charge in [-0.1, -0.05) is 35.3 Å². The van der Waals surface area contributed by atoms with Crippen molar-refractivity contribution < 1.29 is 0 Å². The number of benzene rings is 2. The number of hydrogen-bond acceptors (Lipinski definition) is 2. The summed E-state index contributed by atoms with van der Waals surface area (Å²) in [4.78, 5) is 2.15. The Kier molecular flexibility index (Phi) is 5.30. The SMILES string of the molecule is CN(C)Cc1cccc(NCc2cc(Cl)ccc2Cl)c1. The lowest BCUT2D eigenvalue weighted by Crippen LogP contribution is -2.10. The number of hydrogen-bond donors (Lipinski definition) is 1. The van der Waals surface area contributed by atoms with Crippen LogP contribution >= 0.6 is 23.2 Å². The van der Waals surface area contributed by atoms with Crippen molar-refractivity contribution in [3.8, 4) is 0 Å². The first-order chi connectivity index (χ1) is 9.54. The molecule has 2 nitrogen and oxygen atoms in total. The smallest absolute Gasteiger partial charge is 0.0456 e. The van der Waals surface area contributed by atoms with Crippen molar-refractivity contribution in [3.05, 3.63) is 63.6 Å². The maximum atomic E-state index is 6.16. The molecule has 20 heavy (non-hydrogen) atoms. The lowest BCUT2D eigenvalue weighted by molar-refractivity contribution is 0.402. The van der Waals surface area contributed by atoms with Gasteiger partial charge in [0.2, 0.25) is 0 Å². The van der Waals surface area contributed by atoms with Crippen LogP contribution in [0.1, 0.15) is 11.1 Å². The number of nitrogens with one attached hydrogen (secondary N) is 1. The molecule has 106 valence electrons. The van der Waals surface area contributed by atoms with E-state index in [1.165, 1.54) is 5.56 Å². The molecule has 0 aromatic heterocycles. The van der Waals surface area contributed by atoms with Gasteiger partial charge in [0.25, 0.3) is 0 Å². The van der Waals surface area contributed by atoms with Crippen LogP contribution < -0.4 is 5.32 Å². The largest absolute Gasteiger partial charge is 0.381 e. The van der Waals surface area contributed by atoms with Gasteiger partial charge < -0.3 is 10.2 Å². The zero-order valence-electron chi connectivity index (χ0n) is 11.7. The van der Waals surface area contributed by atoms with E-state index in [2.05, 4.69) is 48.6 Å². The third-order valence-electron chi connectivity index (χ3n) is 2.92. The molecule has 0 bridgehead atoms. The van der Waals surface area contributed by atoms with Gasteiger partial charge in [-0.25, -0.2) is 0 Å². The Labute approximate surface area is 130 Å². The Bertz CT molecular complexity index is 582. The fourth-order valence-corrected chi connectivity index (χ4v) is 2.40. The van der Waals surface area contributed by atoms with Crippen molar-refractivity contribution in [3.63, 3.8) is 0 Å². The first-order valence-electron chi connectivity index (χ1n) is 6.46. The molecule has 0 amide bonds. The van der Waals surface area contributed by atoms with Gasteiger partial charge in [0.1, 0.15) is 0 Å². The molecule has 1 N–H and O–H groups in total. The van der Waals surface area contributed by atoms with E-state index in [1.54, 1.807) is 6.07 Å². The van der Waals surface area contributed by atoms with E-state index in [-0.39, 0.29) is 0 Å². The third-order valence-corrected chi connectivity index (χ3v) is 3.52. The zero-order chi connectivity index (χ0) is 14.5. The normalized spacial score (nSPS) is 10.8. The van der Waals surface area contributed by atoms with E-state index in [9.17, 15) is 0 Å². The molecular formula is C16H18Cl2N2. The molecule has 0 aliphatic carbocycles. The molecule has 2 rings (SSSR count). The Hall–Kier alpha value is -1.22. The Balaban J connectivity index is 2.05. The first-order valence-corrected chi connectivity index (χ1v) is 7.21. The summed E-state index contributed by atoms with van der Waals surface area (Å²) in [5.41, 5.74) is 3.36. The van der Waals surface area contributed by atoms with E-state index in [4.69, 9.17) is 23.2 Å². The fraction of sp³-hybridized carbons (Fsp3) is 0.250. The van der Waals surface area contributed by atoms with Gasteiger partial charge in [0, 0.05) is 28.8 Å². The summed E-state index contributed by atoms with van der Waals surface area (Å²) in [7, 11) is 4.12. The highest BCUT2D eigenvalue weighted by Gasteiger charge is 2.02. The van der Waals surface area contributed by atoms with Gasteiger partial charge >= 0.3 is 0 Å². The maximum absolute atomic E-state index is 6.16. The molecule has 0 heterocycles. The molecule has 0 unspecified atom stereocenters. The van der Waals surface area contributed by atoms with E-state index >= 15 is 0 Å². The molecule has 0 atom stereocenters. The van der Waals surface area contributed by atoms with Crippen LogP contribution in [0.4, 0.5) is 5.69 Å². The first kappa shape index (κ1) is 15.2. The van der Waals surface area contributed by atoms with Crippen LogP contribution in [0, 0.1) is 0 Å². The Morgan fingerprint density at radius 3 is 2.60 bits per heavy atom. The second-order valence-corrected chi connectivity index (χ2v) is 5.87.